The van der Waals surface area contributed by atoms with Crippen molar-refractivity contribution in [3.05, 3.63) is 59.4 Å². The van der Waals surface area contributed by atoms with Crippen molar-refractivity contribution in [1.82, 2.24) is 4.72 Å². The predicted octanol–water partition coefficient (Wildman–Crippen LogP) is 2.81. The van der Waals surface area contributed by atoms with Gasteiger partial charge in [0.25, 0.3) is 0 Å². The maximum Gasteiger partial charge on any atom is 0.240 e. The summed E-state index contributed by atoms with van der Waals surface area (Å²) < 4.78 is 40.0. The zero-order valence-electron chi connectivity index (χ0n) is 12.9. The molecule has 0 aliphatic rings. The van der Waals surface area contributed by atoms with Crippen molar-refractivity contribution in [2.24, 2.45) is 0 Å². The molecular weight excluding hydrogens is 355 g/mol. The van der Waals surface area contributed by atoms with Crippen LogP contribution in [-0.4, -0.2) is 27.4 Å². The molecule has 1 N–H and O–H groups in total. The van der Waals surface area contributed by atoms with E-state index >= 15 is 0 Å². The monoisotopic (exact) mass is 370 g/mol. The highest BCUT2D eigenvalue weighted by atomic mass is 35.5. The summed E-state index contributed by atoms with van der Waals surface area (Å²) in [7, 11) is -3.71. The summed E-state index contributed by atoms with van der Waals surface area (Å²) in [6.07, 6.45) is 0. The second-order valence-corrected chi connectivity index (χ2v) is 7.21. The number of amides is 1. The van der Waals surface area contributed by atoms with Crippen molar-refractivity contribution >= 4 is 33.2 Å². The highest BCUT2D eigenvalue weighted by molar-refractivity contribution is 7.89. The van der Waals surface area contributed by atoms with Crippen LogP contribution in [0.4, 0.5) is 10.1 Å². The fourth-order valence-corrected chi connectivity index (χ4v) is 3.25. The van der Waals surface area contributed by atoms with E-state index in [0.717, 1.165) is 0 Å². The number of carbonyl (C=O) groups is 1. The molecule has 2 rings (SSSR count). The van der Waals surface area contributed by atoms with Crippen molar-refractivity contribution in [1.29, 1.82) is 0 Å². The predicted molar refractivity (Wildman–Crippen MR) is 91.1 cm³/mol. The highest BCUT2D eigenvalue weighted by Gasteiger charge is 2.16. The number of carbonyl (C=O) groups excluding carboxylic acids is 1. The Balaban J connectivity index is 2.05. The summed E-state index contributed by atoms with van der Waals surface area (Å²) >= 11 is 5.73. The molecule has 1 amide bonds. The number of rotatable bonds is 6. The molecule has 0 saturated heterocycles. The summed E-state index contributed by atoms with van der Waals surface area (Å²) in [5, 5.41) is 0.433. The van der Waals surface area contributed by atoms with Gasteiger partial charge in [-0.05, 0) is 42.5 Å². The van der Waals surface area contributed by atoms with Crippen LogP contribution in [-0.2, 0) is 14.8 Å². The molecule has 0 heterocycles. The van der Waals surface area contributed by atoms with E-state index in [-0.39, 0.29) is 23.9 Å². The molecule has 0 bridgehead atoms. The Bertz CT molecular complexity index is 825. The number of nitrogens with one attached hydrogen (secondary N) is 1. The van der Waals surface area contributed by atoms with Crippen LogP contribution in [0.1, 0.15) is 6.92 Å². The van der Waals surface area contributed by atoms with Gasteiger partial charge in [0, 0.05) is 30.7 Å². The van der Waals surface area contributed by atoms with Crippen LogP contribution in [0.15, 0.2) is 53.4 Å². The fraction of sp³-hybridized carbons (Fsp3) is 0.188. The Morgan fingerprint density at radius 2 is 1.88 bits per heavy atom. The normalized spacial score (nSPS) is 11.3. The first-order valence-corrected chi connectivity index (χ1v) is 8.94. The topological polar surface area (TPSA) is 66.5 Å². The van der Waals surface area contributed by atoms with E-state index in [1.54, 1.807) is 6.07 Å². The van der Waals surface area contributed by atoms with Crippen LogP contribution in [0.3, 0.4) is 0 Å². The lowest BCUT2D eigenvalue weighted by Gasteiger charge is -2.21. The Kier molecular flexibility index (Phi) is 5.93. The zero-order valence-corrected chi connectivity index (χ0v) is 14.4. The van der Waals surface area contributed by atoms with E-state index < -0.39 is 15.8 Å². The number of sulfonamides is 1. The molecule has 128 valence electrons. The quantitative estimate of drug-likeness (QED) is 0.850. The minimum atomic E-state index is -3.71. The third kappa shape index (κ3) is 4.77. The Labute approximate surface area is 145 Å². The molecule has 2 aromatic rings. The number of hydrogen-bond donors (Lipinski definition) is 1. The third-order valence-electron chi connectivity index (χ3n) is 3.25. The maximum absolute atomic E-state index is 13.3. The molecule has 2 aromatic carbocycles. The van der Waals surface area contributed by atoms with Gasteiger partial charge in [-0.1, -0.05) is 17.7 Å². The second-order valence-electron chi connectivity index (χ2n) is 5.00. The number of halogens is 2. The van der Waals surface area contributed by atoms with Gasteiger partial charge in [-0.3, -0.25) is 4.79 Å². The van der Waals surface area contributed by atoms with Crippen LogP contribution in [0.2, 0.25) is 5.02 Å². The van der Waals surface area contributed by atoms with Crippen molar-refractivity contribution in [2.45, 2.75) is 11.8 Å². The van der Waals surface area contributed by atoms with Gasteiger partial charge in [-0.15, -0.1) is 0 Å². The van der Waals surface area contributed by atoms with Crippen molar-refractivity contribution < 1.29 is 17.6 Å². The molecular formula is C16H16ClFN2O3S. The molecule has 5 nitrogen and oxygen atoms in total. The molecule has 0 aliphatic heterocycles. The number of anilines is 1. The van der Waals surface area contributed by atoms with Crippen molar-refractivity contribution in [3.63, 3.8) is 0 Å². The number of benzene rings is 2. The lowest BCUT2D eigenvalue weighted by Crippen LogP contribution is -2.37. The molecule has 0 atom stereocenters. The summed E-state index contributed by atoms with van der Waals surface area (Å²) in [6.45, 7) is 1.39. The standard InChI is InChI=1S/C16H16ClFN2O3S/c1-12(21)20(15-4-2-3-14(18)11-15)10-9-19-24(22,23)16-7-5-13(17)6-8-16/h2-8,11,19H,9-10H2,1H3. The lowest BCUT2D eigenvalue weighted by atomic mass is 10.2. The SMILES string of the molecule is CC(=O)N(CCNS(=O)(=O)c1ccc(Cl)cc1)c1cccc(F)c1. The molecule has 0 spiro atoms. The van der Waals surface area contributed by atoms with Gasteiger partial charge in [0.15, 0.2) is 0 Å². The van der Waals surface area contributed by atoms with E-state index in [9.17, 15) is 17.6 Å². The zero-order chi connectivity index (χ0) is 17.7. The minimum Gasteiger partial charge on any atom is -0.311 e. The molecule has 0 saturated carbocycles. The first-order chi connectivity index (χ1) is 11.3. The van der Waals surface area contributed by atoms with E-state index in [2.05, 4.69) is 4.72 Å². The largest absolute Gasteiger partial charge is 0.311 e. The van der Waals surface area contributed by atoms with Gasteiger partial charge < -0.3 is 4.90 Å². The highest BCUT2D eigenvalue weighted by Crippen LogP contribution is 2.16. The van der Waals surface area contributed by atoms with Gasteiger partial charge >= 0.3 is 0 Å². The second kappa shape index (κ2) is 7.74. The van der Waals surface area contributed by atoms with Crippen LogP contribution in [0, 0.1) is 5.82 Å². The van der Waals surface area contributed by atoms with Gasteiger partial charge in [-0.2, -0.15) is 0 Å². The fourth-order valence-electron chi connectivity index (χ4n) is 2.10. The Hall–Kier alpha value is -1.96. The molecule has 0 unspecified atom stereocenters. The van der Waals surface area contributed by atoms with Crippen LogP contribution < -0.4 is 9.62 Å². The summed E-state index contributed by atoms with van der Waals surface area (Å²) in [6, 6.07) is 11.3. The van der Waals surface area contributed by atoms with Crippen molar-refractivity contribution in [3.8, 4) is 0 Å². The smallest absolute Gasteiger partial charge is 0.240 e. The molecule has 0 aromatic heterocycles. The minimum absolute atomic E-state index is 0.0128. The molecule has 0 radical (unpaired) electrons. The molecule has 24 heavy (non-hydrogen) atoms. The first kappa shape index (κ1) is 18.4. The molecule has 0 aliphatic carbocycles. The van der Waals surface area contributed by atoms with Gasteiger partial charge in [0.05, 0.1) is 4.90 Å². The lowest BCUT2D eigenvalue weighted by molar-refractivity contribution is -0.116. The van der Waals surface area contributed by atoms with Gasteiger partial charge in [-0.25, -0.2) is 17.5 Å². The number of nitrogens with zero attached hydrogens (tertiary/aromatic N) is 1. The van der Waals surface area contributed by atoms with E-state index in [4.69, 9.17) is 11.6 Å². The van der Waals surface area contributed by atoms with Gasteiger partial charge in [0.1, 0.15) is 5.82 Å². The summed E-state index contributed by atoms with van der Waals surface area (Å²) in [5.74, 6) is -0.785. The third-order valence-corrected chi connectivity index (χ3v) is 4.98. The average Bonchev–Trinajstić information content (AvgIpc) is 2.51. The van der Waals surface area contributed by atoms with Crippen LogP contribution in [0.25, 0.3) is 0 Å². The van der Waals surface area contributed by atoms with E-state index in [1.165, 1.54) is 54.3 Å². The first-order valence-electron chi connectivity index (χ1n) is 7.08. The molecule has 0 fully saturated rings. The van der Waals surface area contributed by atoms with Crippen LogP contribution >= 0.6 is 11.6 Å². The summed E-state index contributed by atoms with van der Waals surface area (Å²) in [5.41, 5.74) is 0.369. The number of hydrogen-bond acceptors (Lipinski definition) is 3. The van der Waals surface area contributed by atoms with Crippen LogP contribution in [0.5, 0.6) is 0 Å². The van der Waals surface area contributed by atoms with E-state index in [0.29, 0.717) is 10.7 Å². The maximum atomic E-state index is 13.3. The van der Waals surface area contributed by atoms with Gasteiger partial charge in [0.2, 0.25) is 15.9 Å². The molecule has 8 heteroatoms. The Morgan fingerprint density at radius 3 is 2.46 bits per heavy atom. The average molecular weight is 371 g/mol. The van der Waals surface area contributed by atoms with Crippen molar-refractivity contribution in [2.75, 3.05) is 18.0 Å². The Morgan fingerprint density at radius 1 is 1.21 bits per heavy atom. The summed E-state index contributed by atoms with van der Waals surface area (Å²) in [4.78, 5) is 13.1. The van der Waals surface area contributed by atoms with E-state index in [1.807, 2.05) is 0 Å².